The van der Waals surface area contributed by atoms with Crippen molar-refractivity contribution < 1.29 is 4.74 Å². The highest BCUT2D eigenvalue weighted by Gasteiger charge is 2.17. The predicted molar refractivity (Wildman–Crippen MR) is 78.4 cm³/mol. The average Bonchev–Trinajstić information content (AvgIpc) is 2.30. The molecule has 2 nitrogen and oxygen atoms in total. The van der Waals surface area contributed by atoms with Crippen LogP contribution in [0, 0.1) is 5.41 Å². The van der Waals surface area contributed by atoms with E-state index >= 15 is 0 Å². The Hall–Kier alpha value is -0.280. The third-order valence-electron chi connectivity index (χ3n) is 2.95. The van der Waals surface area contributed by atoms with E-state index in [1.54, 1.807) is 7.11 Å². The minimum Gasteiger partial charge on any atom is -0.385 e. The molecule has 0 saturated heterocycles. The monoisotopic (exact) mass is 289 g/mol. The molecule has 0 atom stereocenters. The number of methoxy groups -OCH3 is 1. The summed E-state index contributed by atoms with van der Waals surface area (Å²) >= 11 is 12.2. The van der Waals surface area contributed by atoms with Crippen LogP contribution in [0.2, 0.25) is 10.0 Å². The van der Waals surface area contributed by atoms with E-state index in [0.29, 0.717) is 16.6 Å². The molecule has 4 heteroatoms. The second-order valence-corrected chi connectivity index (χ2v) is 6.03. The van der Waals surface area contributed by atoms with E-state index in [1.807, 2.05) is 18.2 Å². The zero-order valence-corrected chi connectivity index (χ0v) is 12.7. The van der Waals surface area contributed by atoms with Crippen LogP contribution in [-0.2, 0) is 11.3 Å². The molecule has 0 radical (unpaired) electrons. The molecule has 0 saturated carbocycles. The molecule has 0 amide bonds. The molecular formula is C14H21Cl2NO. The summed E-state index contributed by atoms with van der Waals surface area (Å²) in [4.78, 5) is 0. The van der Waals surface area contributed by atoms with Gasteiger partial charge in [0.15, 0.2) is 0 Å². The van der Waals surface area contributed by atoms with Crippen LogP contribution >= 0.6 is 23.2 Å². The first-order chi connectivity index (χ1) is 8.46. The van der Waals surface area contributed by atoms with Gasteiger partial charge in [0.05, 0.1) is 0 Å². The summed E-state index contributed by atoms with van der Waals surface area (Å²) in [6.07, 6.45) is 1.02. The maximum absolute atomic E-state index is 6.12. The number of ether oxygens (including phenoxy) is 1. The molecule has 0 aliphatic carbocycles. The SMILES string of the molecule is COCCC(C)(C)CNCc1c(Cl)cccc1Cl. The van der Waals surface area contributed by atoms with Crippen LogP contribution in [0.3, 0.4) is 0 Å². The minimum atomic E-state index is 0.198. The quantitative estimate of drug-likeness (QED) is 0.814. The van der Waals surface area contributed by atoms with Gasteiger partial charge in [0.25, 0.3) is 0 Å². The van der Waals surface area contributed by atoms with E-state index in [4.69, 9.17) is 27.9 Å². The number of hydrogen-bond donors (Lipinski definition) is 1. The van der Waals surface area contributed by atoms with E-state index in [9.17, 15) is 0 Å². The Balaban J connectivity index is 2.46. The van der Waals surface area contributed by atoms with Gasteiger partial charge in [-0.1, -0.05) is 43.1 Å². The van der Waals surface area contributed by atoms with Crippen molar-refractivity contribution in [3.05, 3.63) is 33.8 Å². The molecular weight excluding hydrogens is 269 g/mol. The summed E-state index contributed by atoms with van der Waals surface area (Å²) in [5.41, 5.74) is 1.16. The van der Waals surface area contributed by atoms with Crippen molar-refractivity contribution in [2.45, 2.75) is 26.8 Å². The van der Waals surface area contributed by atoms with Crippen molar-refractivity contribution in [1.82, 2.24) is 5.32 Å². The van der Waals surface area contributed by atoms with Crippen molar-refractivity contribution in [2.24, 2.45) is 5.41 Å². The number of hydrogen-bond acceptors (Lipinski definition) is 2. The molecule has 0 heterocycles. The molecule has 1 aromatic rings. The Labute approximate surface area is 120 Å². The fourth-order valence-electron chi connectivity index (χ4n) is 1.69. The van der Waals surface area contributed by atoms with Gasteiger partial charge in [0, 0.05) is 42.4 Å². The summed E-state index contributed by atoms with van der Waals surface area (Å²) in [7, 11) is 1.73. The lowest BCUT2D eigenvalue weighted by atomic mass is 9.89. The summed E-state index contributed by atoms with van der Waals surface area (Å²) in [5, 5.41) is 4.83. The topological polar surface area (TPSA) is 21.3 Å². The molecule has 1 N–H and O–H groups in total. The Morgan fingerprint density at radius 3 is 2.39 bits per heavy atom. The van der Waals surface area contributed by atoms with Crippen LogP contribution in [0.25, 0.3) is 0 Å². The van der Waals surface area contributed by atoms with Gasteiger partial charge in [-0.05, 0) is 24.0 Å². The van der Waals surface area contributed by atoms with E-state index in [2.05, 4.69) is 19.2 Å². The van der Waals surface area contributed by atoms with Gasteiger partial charge in [-0.3, -0.25) is 0 Å². The lowest BCUT2D eigenvalue weighted by Crippen LogP contribution is -2.30. The fourth-order valence-corrected chi connectivity index (χ4v) is 2.22. The van der Waals surface area contributed by atoms with E-state index in [-0.39, 0.29) is 5.41 Å². The highest BCUT2D eigenvalue weighted by atomic mass is 35.5. The number of halogens is 2. The van der Waals surface area contributed by atoms with Gasteiger partial charge in [0.2, 0.25) is 0 Å². The molecule has 0 fully saturated rings. The predicted octanol–water partition coefficient (Wildman–Crippen LogP) is 4.15. The zero-order chi connectivity index (χ0) is 13.6. The van der Waals surface area contributed by atoms with E-state index in [0.717, 1.165) is 25.1 Å². The third-order valence-corrected chi connectivity index (χ3v) is 3.66. The molecule has 0 unspecified atom stereocenters. The standard InChI is InChI=1S/C14H21Cl2NO/c1-14(2,7-8-18-3)10-17-9-11-12(15)5-4-6-13(11)16/h4-6,17H,7-10H2,1-3H3. The number of nitrogens with one attached hydrogen (secondary N) is 1. The van der Waals surface area contributed by atoms with Crippen LogP contribution in [0.1, 0.15) is 25.8 Å². The summed E-state index contributed by atoms with van der Waals surface area (Å²) in [6.45, 7) is 6.80. The van der Waals surface area contributed by atoms with Crippen LogP contribution < -0.4 is 5.32 Å². The zero-order valence-electron chi connectivity index (χ0n) is 11.2. The van der Waals surface area contributed by atoms with E-state index in [1.165, 1.54) is 0 Å². The molecule has 0 aliphatic heterocycles. The first-order valence-electron chi connectivity index (χ1n) is 6.09. The molecule has 1 aromatic carbocycles. The van der Waals surface area contributed by atoms with Gasteiger partial charge in [-0.15, -0.1) is 0 Å². The number of rotatable bonds is 7. The third kappa shape index (κ3) is 5.15. The largest absolute Gasteiger partial charge is 0.385 e. The summed E-state index contributed by atoms with van der Waals surface area (Å²) < 4.78 is 5.11. The molecule has 0 bridgehead atoms. The van der Waals surface area contributed by atoms with Crippen molar-refractivity contribution in [1.29, 1.82) is 0 Å². The molecule has 102 valence electrons. The smallest absolute Gasteiger partial charge is 0.0467 e. The molecule has 0 aromatic heterocycles. The first kappa shape index (κ1) is 15.8. The van der Waals surface area contributed by atoms with Crippen LogP contribution in [0.4, 0.5) is 0 Å². The molecule has 0 spiro atoms. The molecule has 0 aliphatic rings. The van der Waals surface area contributed by atoms with Crippen LogP contribution in [0.5, 0.6) is 0 Å². The van der Waals surface area contributed by atoms with Gasteiger partial charge < -0.3 is 10.1 Å². The van der Waals surface area contributed by atoms with Crippen molar-refractivity contribution in [3.8, 4) is 0 Å². The Bertz CT molecular complexity index is 360. The maximum atomic E-state index is 6.12. The molecule has 18 heavy (non-hydrogen) atoms. The van der Waals surface area contributed by atoms with Crippen molar-refractivity contribution in [2.75, 3.05) is 20.3 Å². The van der Waals surface area contributed by atoms with Crippen LogP contribution in [-0.4, -0.2) is 20.3 Å². The minimum absolute atomic E-state index is 0.198. The second kappa shape index (κ2) is 7.34. The van der Waals surface area contributed by atoms with Gasteiger partial charge in [-0.25, -0.2) is 0 Å². The highest BCUT2D eigenvalue weighted by molar-refractivity contribution is 6.35. The lowest BCUT2D eigenvalue weighted by molar-refractivity contribution is 0.150. The molecule has 1 rings (SSSR count). The highest BCUT2D eigenvalue weighted by Crippen LogP contribution is 2.25. The Morgan fingerprint density at radius 1 is 1.22 bits per heavy atom. The summed E-state index contributed by atoms with van der Waals surface area (Å²) in [6, 6.07) is 5.58. The van der Waals surface area contributed by atoms with Gasteiger partial charge in [0.1, 0.15) is 0 Å². The van der Waals surface area contributed by atoms with Gasteiger partial charge in [-0.2, -0.15) is 0 Å². The van der Waals surface area contributed by atoms with E-state index < -0.39 is 0 Å². The normalized spacial score (nSPS) is 11.8. The Kier molecular flexibility index (Phi) is 6.44. The fraction of sp³-hybridized carbons (Fsp3) is 0.571. The van der Waals surface area contributed by atoms with Crippen molar-refractivity contribution in [3.63, 3.8) is 0 Å². The maximum Gasteiger partial charge on any atom is 0.0467 e. The van der Waals surface area contributed by atoms with Crippen molar-refractivity contribution >= 4 is 23.2 Å². The average molecular weight is 290 g/mol. The van der Waals surface area contributed by atoms with Gasteiger partial charge >= 0.3 is 0 Å². The lowest BCUT2D eigenvalue weighted by Gasteiger charge is -2.25. The first-order valence-corrected chi connectivity index (χ1v) is 6.84. The summed E-state index contributed by atoms with van der Waals surface area (Å²) in [5.74, 6) is 0. The Morgan fingerprint density at radius 2 is 1.83 bits per heavy atom. The second-order valence-electron chi connectivity index (χ2n) is 5.21. The van der Waals surface area contributed by atoms with Crippen LogP contribution in [0.15, 0.2) is 18.2 Å². The number of benzene rings is 1.